The van der Waals surface area contributed by atoms with Crippen molar-refractivity contribution in [3.8, 4) is 5.75 Å². The average molecular weight is 551 g/mol. The van der Waals surface area contributed by atoms with E-state index in [1.165, 1.54) is 0 Å². The first-order valence-electron chi connectivity index (χ1n) is 14.5. The number of primary amides is 1. The Kier molecular flexibility index (Phi) is 15.2. The standard InChI is InChI=1S/C31H54N2O6/c1-20(2)24(15-22-9-10-23(19-35)29(16-22)39-14-8-7-13-34)17-26(32)28(37)18-25(21(3)4)27(36)11-12-31(5,6)30(33)38/h9-10,16,20-21,24-26,28,34-35,37H,7-8,11-15,17-19,32H2,1-6H3,(H2,33,38)/t24-,25-,26-,28-/m0/s1. The molecule has 8 nitrogen and oxygen atoms in total. The topological polar surface area (TPSA) is 156 Å². The molecule has 1 aromatic carbocycles. The van der Waals surface area contributed by atoms with Crippen molar-refractivity contribution in [2.24, 2.45) is 40.6 Å². The molecule has 7 N–H and O–H groups in total. The number of aliphatic hydroxyl groups excluding tert-OH is 3. The second-order valence-corrected chi connectivity index (χ2v) is 12.4. The third-order valence-electron chi connectivity index (χ3n) is 8.00. The quantitative estimate of drug-likeness (QED) is 0.155. The van der Waals surface area contributed by atoms with Crippen LogP contribution in [-0.4, -0.2) is 52.4 Å². The number of carbonyl (C=O) groups excluding carboxylic acids is 2. The van der Waals surface area contributed by atoms with E-state index in [-0.39, 0.29) is 49.6 Å². The van der Waals surface area contributed by atoms with Gasteiger partial charge in [0.2, 0.25) is 5.91 Å². The summed E-state index contributed by atoms with van der Waals surface area (Å²) >= 11 is 0. The number of hydrogen-bond donors (Lipinski definition) is 5. The molecular weight excluding hydrogens is 496 g/mol. The molecular formula is C31H54N2O6. The Morgan fingerprint density at radius 2 is 1.69 bits per heavy atom. The van der Waals surface area contributed by atoms with E-state index in [1.54, 1.807) is 13.8 Å². The van der Waals surface area contributed by atoms with Crippen LogP contribution >= 0.6 is 0 Å². The zero-order valence-electron chi connectivity index (χ0n) is 25.0. The fourth-order valence-corrected chi connectivity index (χ4v) is 4.74. The van der Waals surface area contributed by atoms with Gasteiger partial charge in [0.15, 0.2) is 0 Å². The van der Waals surface area contributed by atoms with E-state index in [1.807, 2.05) is 32.0 Å². The van der Waals surface area contributed by atoms with Gasteiger partial charge in [0.1, 0.15) is 11.5 Å². The van der Waals surface area contributed by atoms with Crippen LogP contribution in [0.2, 0.25) is 0 Å². The summed E-state index contributed by atoms with van der Waals surface area (Å²) in [5.74, 6) is 0.458. The molecule has 0 aliphatic carbocycles. The number of ketones is 1. The molecule has 0 fully saturated rings. The Balaban J connectivity index is 2.87. The number of hydrogen-bond acceptors (Lipinski definition) is 7. The molecule has 0 aliphatic heterocycles. The van der Waals surface area contributed by atoms with Crippen molar-refractivity contribution in [3.63, 3.8) is 0 Å². The second kappa shape index (κ2) is 17.0. The number of unbranched alkanes of at least 4 members (excludes halogenated alkanes) is 1. The van der Waals surface area contributed by atoms with E-state index >= 15 is 0 Å². The van der Waals surface area contributed by atoms with Crippen LogP contribution in [-0.2, 0) is 22.6 Å². The van der Waals surface area contributed by atoms with Gasteiger partial charge in [-0.2, -0.15) is 0 Å². The molecule has 0 saturated carbocycles. The van der Waals surface area contributed by atoms with Crippen LogP contribution in [0.4, 0.5) is 0 Å². The molecule has 8 heteroatoms. The van der Waals surface area contributed by atoms with E-state index in [2.05, 4.69) is 13.8 Å². The summed E-state index contributed by atoms with van der Waals surface area (Å²) in [4.78, 5) is 24.7. The van der Waals surface area contributed by atoms with E-state index in [9.17, 15) is 19.8 Å². The number of benzene rings is 1. The highest BCUT2D eigenvalue weighted by atomic mass is 16.5. The van der Waals surface area contributed by atoms with Gasteiger partial charge in [-0.25, -0.2) is 0 Å². The van der Waals surface area contributed by atoms with Gasteiger partial charge in [0.25, 0.3) is 0 Å². The lowest BCUT2D eigenvalue weighted by Crippen LogP contribution is -2.41. The van der Waals surface area contributed by atoms with Gasteiger partial charge in [-0.1, -0.05) is 53.7 Å². The lowest BCUT2D eigenvalue weighted by molar-refractivity contribution is -0.128. The van der Waals surface area contributed by atoms with Gasteiger partial charge in [0, 0.05) is 36.0 Å². The molecule has 224 valence electrons. The highest BCUT2D eigenvalue weighted by Crippen LogP contribution is 2.30. The van der Waals surface area contributed by atoms with Gasteiger partial charge in [-0.05, 0) is 67.9 Å². The molecule has 1 aromatic rings. The number of rotatable bonds is 20. The summed E-state index contributed by atoms with van der Waals surface area (Å²) < 4.78 is 5.88. The van der Waals surface area contributed by atoms with Gasteiger partial charge in [0.05, 0.1) is 19.3 Å². The summed E-state index contributed by atoms with van der Waals surface area (Å²) in [7, 11) is 0. The predicted octanol–water partition coefficient (Wildman–Crippen LogP) is 3.75. The first-order valence-corrected chi connectivity index (χ1v) is 14.5. The summed E-state index contributed by atoms with van der Waals surface area (Å²) in [5, 5.41) is 29.7. The number of amides is 1. The Hall–Kier alpha value is -2.00. The number of aliphatic hydroxyl groups is 3. The molecule has 1 amide bonds. The van der Waals surface area contributed by atoms with Gasteiger partial charge in [-0.15, -0.1) is 0 Å². The van der Waals surface area contributed by atoms with E-state index in [0.717, 1.165) is 24.0 Å². The second-order valence-electron chi connectivity index (χ2n) is 12.4. The maximum absolute atomic E-state index is 13.0. The van der Waals surface area contributed by atoms with E-state index in [4.69, 9.17) is 21.3 Å². The molecule has 4 atom stereocenters. The fourth-order valence-electron chi connectivity index (χ4n) is 4.74. The van der Waals surface area contributed by atoms with Crippen molar-refractivity contribution in [2.45, 2.75) is 105 Å². The smallest absolute Gasteiger partial charge is 0.223 e. The average Bonchev–Trinajstić information content (AvgIpc) is 2.87. The van der Waals surface area contributed by atoms with Crippen LogP contribution in [0.5, 0.6) is 5.75 Å². The third-order valence-corrected chi connectivity index (χ3v) is 8.00. The molecule has 0 heterocycles. The molecule has 0 radical (unpaired) electrons. The van der Waals surface area contributed by atoms with Gasteiger partial charge >= 0.3 is 0 Å². The van der Waals surface area contributed by atoms with Crippen LogP contribution < -0.4 is 16.2 Å². The first kappa shape index (κ1) is 35.0. The van der Waals surface area contributed by atoms with Crippen molar-refractivity contribution < 1.29 is 29.6 Å². The fraction of sp³-hybridized carbons (Fsp3) is 0.742. The number of Topliss-reactive ketones (excluding diaryl/α,β-unsaturated/α-hetero) is 1. The van der Waals surface area contributed by atoms with Crippen LogP contribution in [0.1, 0.15) is 91.2 Å². The molecule has 39 heavy (non-hydrogen) atoms. The summed E-state index contributed by atoms with van der Waals surface area (Å²) in [5.41, 5.74) is 13.0. The van der Waals surface area contributed by atoms with Crippen LogP contribution in [0, 0.1) is 29.1 Å². The molecule has 0 unspecified atom stereocenters. The third kappa shape index (κ3) is 12.0. The Morgan fingerprint density at radius 1 is 1.03 bits per heavy atom. The van der Waals surface area contributed by atoms with Gasteiger partial charge < -0.3 is 31.5 Å². The minimum absolute atomic E-state index is 0.0291. The van der Waals surface area contributed by atoms with Crippen LogP contribution in [0.3, 0.4) is 0 Å². The Labute approximate surface area is 235 Å². The van der Waals surface area contributed by atoms with E-state index in [0.29, 0.717) is 37.5 Å². The van der Waals surface area contributed by atoms with Crippen molar-refractivity contribution in [2.75, 3.05) is 13.2 Å². The maximum Gasteiger partial charge on any atom is 0.223 e. The molecule has 1 rings (SSSR count). The molecule has 0 aliphatic rings. The van der Waals surface area contributed by atoms with Crippen molar-refractivity contribution in [1.82, 2.24) is 0 Å². The predicted molar refractivity (Wildman–Crippen MR) is 155 cm³/mol. The lowest BCUT2D eigenvalue weighted by Gasteiger charge is -2.30. The molecule has 0 aromatic heterocycles. The SMILES string of the molecule is CC(C)[C@@H](Cc1ccc(CO)c(OCCCCO)c1)C[C@H](N)[C@@H](O)C[C@H](C(=O)CCC(C)(C)C(N)=O)C(C)C. The largest absolute Gasteiger partial charge is 0.493 e. The molecule has 0 spiro atoms. The van der Waals surface area contributed by atoms with Crippen molar-refractivity contribution >= 4 is 11.7 Å². The number of ether oxygens (including phenoxy) is 1. The molecule has 0 saturated heterocycles. The number of nitrogens with two attached hydrogens (primary N) is 2. The summed E-state index contributed by atoms with van der Waals surface area (Å²) in [6.45, 7) is 12.2. The van der Waals surface area contributed by atoms with Crippen LogP contribution in [0.25, 0.3) is 0 Å². The zero-order chi connectivity index (χ0) is 29.8. The Morgan fingerprint density at radius 3 is 2.23 bits per heavy atom. The summed E-state index contributed by atoms with van der Waals surface area (Å²) in [6.07, 6.45) is 2.82. The maximum atomic E-state index is 13.0. The number of carbonyl (C=O) groups is 2. The monoisotopic (exact) mass is 550 g/mol. The zero-order valence-corrected chi connectivity index (χ0v) is 25.0. The highest BCUT2D eigenvalue weighted by Gasteiger charge is 2.32. The normalized spacial score (nSPS) is 15.3. The first-order chi connectivity index (χ1) is 18.2. The van der Waals surface area contributed by atoms with Gasteiger partial charge in [-0.3, -0.25) is 9.59 Å². The highest BCUT2D eigenvalue weighted by molar-refractivity contribution is 5.84. The van der Waals surface area contributed by atoms with Crippen molar-refractivity contribution in [1.29, 1.82) is 0 Å². The van der Waals surface area contributed by atoms with E-state index < -0.39 is 23.5 Å². The molecule has 0 bridgehead atoms. The van der Waals surface area contributed by atoms with Crippen LogP contribution in [0.15, 0.2) is 18.2 Å². The summed E-state index contributed by atoms with van der Waals surface area (Å²) in [6, 6.07) is 5.34. The minimum Gasteiger partial charge on any atom is -0.493 e. The lowest BCUT2D eigenvalue weighted by atomic mass is 9.78. The van der Waals surface area contributed by atoms with Crippen molar-refractivity contribution in [3.05, 3.63) is 29.3 Å². The minimum atomic E-state index is -0.825. The Bertz CT molecular complexity index is 886.